The van der Waals surface area contributed by atoms with Crippen LogP contribution in [0, 0.1) is 0 Å². The van der Waals surface area contributed by atoms with Crippen LogP contribution in [0.2, 0.25) is 0 Å². The van der Waals surface area contributed by atoms with E-state index in [1.54, 1.807) is 12.1 Å². The van der Waals surface area contributed by atoms with Crippen molar-refractivity contribution in [2.24, 2.45) is 0 Å². The first kappa shape index (κ1) is 19.9. The summed E-state index contributed by atoms with van der Waals surface area (Å²) in [5, 5.41) is 5.15. The molecule has 1 aromatic heterocycles. The van der Waals surface area contributed by atoms with Gasteiger partial charge >= 0.3 is 5.97 Å². The average Bonchev–Trinajstić information content (AvgIpc) is 3.28. The highest BCUT2D eigenvalue weighted by molar-refractivity contribution is 5.99. The van der Waals surface area contributed by atoms with Gasteiger partial charge in [-0.1, -0.05) is 48.5 Å². The summed E-state index contributed by atoms with van der Waals surface area (Å²) in [7, 11) is 0. The van der Waals surface area contributed by atoms with Crippen LogP contribution in [-0.2, 0) is 14.3 Å². The highest BCUT2D eigenvalue weighted by atomic mass is 16.5. The molecule has 0 aliphatic heterocycles. The van der Waals surface area contributed by atoms with E-state index in [1.165, 1.54) is 19.3 Å². The Morgan fingerprint density at radius 2 is 1.69 bits per heavy atom. The van der Waals surface area contributed by atoms with Crippen LogP contribution in [0.25, 0.3) is 11.1 Å². The monoisotopic (exact) mass is 392 g/mol. The van der Waals surface area contributed by atoms with Crippen LogP contribution in [-0.4, -0.2) is 30.4 Å². The van der Waals surface area contributed by atoms with Crippen molar-refractivity contribution in [1.82, 2.24) is 5.32 Å². The van der Waals surface area contributed by atoms with Crippen LogP contribution in [0.5, 0.6) is 0 Å². The number of furan rings is 1. The Kier molecular flexibility index (Phi) is 6.42. The fraction of sp³-hybridized carbons (Fsp3) is 0.136. The Hall–Kier alpha value is -3.87. The Labute approximate surface area is 167 Å². The normalized spacial score (nSPS) is 11.3. The first-order chi connectivity index (χ1) is 14.0. The number of carbonyl (C=O) groups excluding carboxylic acids is 3. The maximum Gasteiger partial charge on any atom is 0.326 e. The summed E-state index contributed by atoms with van der Waals surface area (Å²) in [5.41, 5.74) is 2.41. The molecule has 0 unspecified atom stereocenters. The topological polar surface area (TPSA) is 97.6 Å². The third-order valence-electron chi connectivity index (χ3n) is 4.09. The highest BCUT2D eigenvalue weighted by Crippen LogP contribution is 2.27. The predicted molar refractivity (Wildman–Crippen MR) is 107 cm³/mol. The Bertz CT molecular complexity index is 983. The molecule has 2 amide bonds. The van der Waals surface area contributed by atoms with Gasteiger partial charge in [0.25, 0.3) is 11.8 Å². The molecule has 0 spiro atoms. The Balaban J connectivity index is 1.56. The minimum Gasteiger partial charge on any atom is -0.459 e. The van der Waals surface area contributed by atoms with Gasteiger partial charge in [-0.25, -0.2) is 0 Å². The maximum atomic E-state index is 12.5. The van der Waals surface area contributed by atoms with Crippen molar-refractivity contribution in [3.8, 4) is 11.1 Å². The third-order valence-corrected chi connectivity index (χ3v) is 4.09. The van der Waals surface area contributed by atoms with E-state index >= 15 is 0 Å². The lowest BCUT2D eigenvalue weighted by Crippen LogP contribution is -2.35. The number of nitrogens with one attached hydrogen (secondary N) is 2. The molecule has 0 bridgehead atoms. The zero-order valence-corrected chi connectivity index (χ0v) is 15.8. The molecule has 29 heavy (non-hydrogen) atoms. The summed E-state index contributed by atoms with van der Waals surface area (Å²) < 4.78 is 10.0. The van der Waals surface area contributed by atoms with E-state index < -0.39 is 23.9 Å². The first-order valence-electron chi connectivity index (χ1n) is 9.01. The molecule has 1 heterocycles. The van der Waals surface area contributed by atoms with Gasteiger partial charge in [-0.05, 0) is 30.7 Å². The molecule has 0 saturated heterocycles. The van der Waals surface area contributed by atoms with Crippen LogP contribution in [0.3, 0.4) is 0 Å². The number of carbonyl (C=O) groups is 3. The van der Waals surface area contributed by atoms with Gasteiger partial charge in [-0.3, -0.25) is 14.4 Å². The molecule has 0 fully saturated rings. The summed E-state index contributed by atoms with van der Waals surface area (Å²) >= 11 is 0. The van der Waals surface area contributed by atoms with E-state index in [0.717, 1.165) is 11.1 Å². The van der Waals surface area contributed by atoms with E-state index in [2.05, 4.69) is 10.6 Å². The number of para-hydroxylation sites is 1. The van der Waals surface area contributed by atoms with E-state index in [4.69, 9.17) is 9.15 Å². The van der Waals surface area contributed by atoms with Gasteiger partial charge in [0, 0.05) is 11.3 Å². The van der Waals surface area contributed by atoms with Crippen molar-refractivity contribution >= 4 is 23.5 Å². The molecule has 148 valence electrons. The molecule has 7 nitrogen and oxygen atoms in total. The van der Waals surface area contributed by atoms with Gasteiger partial charge in [0.15, 0.2) is 11.9 Å². The van der Waals surface area contributed by atoms with E-state index in [9.17, 15) is 14.4 Å². The quantitative estimate of drug-likeness (QED) is 0.602. The van der Waals surface area contributed by atoms with Gasteiger partial charge in [-0.2, -0.15) is 0 Å². The zero-order chi connectivity index (χ0) is 20.6. The minimum atomic E-state index is -1.04. The lowest BCUT2D eigenvalue weighted by Gasteiger charge is -2.16. The molecule has 3 rings (SSSR count). The lowest BCUT2D eigenvalue weighted by atomic mass is 10.0. The Morgan fingerprint density at radius 1 is 0.966 bits per heavy atom. The lowest BCUT2D eigenvalue weighted by molar-refractivity contribution is -0.152. The Morgan fingerprint density at radius 3 is 2.41 bits per heavy atom. The number of amides is 2. The molecule has 0 aliphatic carbocycles. The van der Waals surface area contributed by atoms with E-state index in [1.807, 2.05) is 48.5 Å². The summed E-state index contributed by atoms with van der Waals surface area (Å²) in [6, 6.07) is 20.0. The van der Waals surface area contributed by atoms with Crippen molar-refractivity contribution in [3.05, 3.63) is 78.8 Å². The second-order valence-corrected chi connectivity index (χ2v) is 6.19. The first-order valence-corrected chi connectivity index (χ1v) is 9.01. The summed E-state index contributed by atoms with van der Waals surface area (Å²) in [6.07, 6.45) is 0.319. The largest absolute Gasteiger partial charge is 0.459 e. The standard InChI is InChI=1S/C22H20N2O5/c1-15(29-20(25)14-23-22(27)19-12-7-13-28-19)21(26)24-18-11-6-5-10-17(18)16-8-3-2-4-9-16/h2-13,15H,14H2,1H3,(H,23,27)(H,24,26)/t15-/m1/s1. The van der Waals surface area contributed by atoms with Gasteiger partial charge in [0.05, 0.1) is 6.26 Å². The maximum absolute atomic E-state index is 12.5. The molecule has 0 saturated carbocycles. The van der Waals surface area contributed by atoms with Crippen molar-refractivity contribution < 1.29 is 23.5 Å². The molecule has 2 N–H and O–H groups in total. The molecule has 1 atom stereocenters. The molecule has 2 aromatic carbocycles. The second kappa shape index (κ2) is 9.36. The number of ether oxygens (including phenoxy) is 1. The van der Waals surface area contributed by atoms with Gasteiger partial charge in [0.1, 0.15) is 6.54 Å². The van der Waals surface area contributed by atoms with Crippen LogP contribution in [0.4, 0.5) is 5.69 Å². The van der Waals surface area contributed by atoms with Crippen LogP contribution in [0.15, 0.2) is 77.4 Å². The smallest absolute Gasteiger partial charge is 0.326 e. The number of anilines is 1. The fourth-order valence-corrected chi connectivity index (χ4v) is 2.64. The summed E-state index contributed by atoms with van der Waals surface area (Å²) in [6.45, 7) is 1.09. The summed E-state index contributed by atoms with van der Waals surface area (Å²) in [4.78, 5) is 36.1. The minimum absolute atomic E-state index is 0.0844. The molecule has 0 aliphatic rings. The van der Waals surface area contributed by atoms with Gasteiger partial charge in [0.2, 0.25) is 0 Å². The molecular weight excluding hydrogens is 372 g/mol. The van der Waals surface area contributed by atoms with Crippen molar-refractivity contribution in [2.45, 2.75) is 13.0 Å². The molecule has 3 aromatic rings. The second-order valence-electron chi connectivity index (χ2n) is 6.19. The highest BCUT2D eigenvalue weighted by Gasteiger charge is 2.20. The van der Waals surface area contributed by atoms with Crippen molar-refractivity contribution in [1.29, 1.82) is 0 Å². The average molecular weight is 392 g/mol. The van der Waals surface area contributed by atoms with Crippen LogP contribution in [0.1, 0.15) is 17.5 Å². The van der Waals surface area contributed by atoms with Gasteiger partial charge in [-0.15, -0.1) is 0 Å². The number of esters is 1. The predicted octanol–water partition coefficient (Wildman–Crippen LogP) is 3.25. The SMILES string of the molecule is C[C@@H](OC(=O)CNC(=O)c1ccco1)C(=O)Nc1ccccc1-c1ccccc1. The number of hydrogen-bond donors (Lipinski definition) is 2. The number of hydrogen-bond acceptors (Lipinski definition) is 5. The van der Waals surface area contributed by atoms with E-state index in [0.29, 0.717) is 5.69 Å². The molecular formula is C22H20N2O5. The molecule has 7 heteroatoms. The van der Waals surface area contributed by atoms with Crippen molar-refractivity contribution in [3.63, 3.8) is 0 Å². The third kappa shape index (κ3) is 5.32. The van der Waals surface area contributed by atoms with Gasteiger partial charge < -0.3 is 19.8 Å². The van der Waals surface area contributed by atoms with Crippen LogP contribution < -0.4 is 10.6 Å². The van der Waals surface area contributed by atoms with Crippen LogP contribution >= 0.6 is 0 Å². The zero-order valence-electron chi connectivity index (χ0n) is 15.8. The summed E-state index contributed by atoms with van der Waals surface area (Å²) in [5.74, 6) is -1.66. The van der Waals surface area contributed by atoms with Crippen molar-refractivity contribution in [2.75, 3.05) is 11.9 Å². The number of rotatable bonds is 7. The number of benzene rings is 2. The fourth-order valence-electron chi connectivity index (χ4n) is 2.64. The molecule has 0 radical (unpaired) electrons. The van der Waals surface area contributed by atoms with E-state index in [-0.39, 0.29) is 12.3 Å².